The summed E-state index contributed by atoms with van der Waals surface area (Å²) in [5.41, 5.74) is -0.650. The predicted octanol–water partition coefficient (Wildman–Crippen LogP) is -1.19. The highest BCUT2D eigenvalue weighted by molar-refractivity contribution is 5.75. The number of nitrogens with one attached hydrogen (secondary N) is 3. The Morgan fingerprint density at radius 3 is 1.96 bits per heavy atom. The lowest BCUT2D eigenvalue weighted by Crippen LogP contribution is -2.55. The second-order valence-electron chi connectivity index (χ2n) is 6.12. The molecule has 0 saturated heterocycles. The van der Waals surface area contributed by atoms with Crippen LogP contribution in [0, 0.1) is 0 Å². The van der Waals surface area contributed by atoms with Crippen LogP contribution in [0.1, 0.15) is 25.7 Å². The molecular weight excluding hydrogens is 370 g/mol. The molecule has 3 N–H and O–H groups in total. The Hall–Kier alpha value is -1.88. The SMILES string of the molecule is CNC(COCCC=O)(COCCC=O)COCCC(=O)NCCCNC=O. The Balaban J connectivity index is 4.24. The molecule has 0 aromatic rings. The molecule has 0 aromatic heterocycles. The smallest absolute Gasteiger partial charge is 0.222 e. The molecule has 28 heavy (non-hydrogen) atoms. The molecule has 0 saturated carbocycles. The molecule has 10 heteroatoms. The van der Waals surface area contributed by atoms with Crippen molar-refractivity contribution >= 4 is 24.9 Å². The topological polar surface area (TPSA) is 132 Å². The fourth-order valence-corrected chi connectivity index (χ4v) is 2.14. The normalized spacial score (nSPS) is 11.0. The van der Waals surface area contributed by atoms with Gasteiger partial charge in [0.2, 0.25) is 12.3 Å². The molecule has 0 bridgehead atoms. The van der Waals surface area contributed by atoms with Crippen molar-refractivity contribution < 1.29 is 33.4 Å². The Labute approximate surface area is 166 Å². The summed E-state index contributed by atoms with van der Waals surface area (Å²) in [5.74, 6) is -0.134. The number of carbonyl (C=O) groups is 4. The summed E-state index contributed by atoms with van der Waals surface area (Å²) >= 11 is 0. The van der Waals surface area contributed by atoms with E-state index in [1.54, 1.807) is 7.05 Å². The third-order valence-electron chi connectivity index (χ3n) is 3.80. The maximum Gasteiger partial charge on any atom is 0.222 e. The zero-order chi connectivity index (χ0) is 20.9. The molecule has 10 nitrogen and oxygen atoms in total. The van der Waals surface area contributed by atoms with Crippen LogP contribution in [0.15, 0.2) is 0 Å². The van der Waals surface area contributed by atoms with Crippen LogP contribution >= 0.6 is 0 Å². The highest BCUT2D eigenvalue weighted by atomic mass is 16.5. The average molecular weight is 403 g/mol. The van der Waals surface area contributed by atoms with E-state index in [1.165, 1.54) is 0 Å². The zero-order valence-electron chi connectivity index (χ0n) is 16.6. The number of amides is 2. The van der Waals surface area contributed by atoms with Gasteiger partial charge >= 0.3 is 0 Å². The summed E-state index contributed by atoms with van der Waals surface area (Å²) in [4.78, 5) is 42.7. The average Bonchev–Trinajstić information content (AvgIpc) is 2.71. The van der Waals surface area contributed by atoms with Crippen molar-refractivity contribution in [2.75, 3.05) is 59.8 Å². The minimum atomic E-state index is -0.650. The van der Waals surface area contributed by atoms with Gasteiger partial charge in [-0.05, 0) is 13.5 Å². The van der Waals surface area contributed by atoms with Crippen LogP contribution in [0.5, 0.6) is 0 Å². The highest BCUT2D eigenvalue weighted by Crippen LogP contribution is 2.09. The van der Waals surface area contributed by atoms with Gasteiger partial charge in [-0.2, -0.15) is 0 Å². The zero-order valence-corrected chi connectivity index (χ0v) is 16.6. The Kier molecular flexibility index (Phi) is 17.2. The van der Waals surface area contributed by atoms with Gasteiger partial charge in [-0.15, -0.1) is 0 Å². The summed E-state index contributed by atoms with van der Waals surface area (Å²) in [5, 5.41) is 8.39. The standard InChI is InChI=1S/C18H33N3O7/c1-19-18(13-26-10-3-8-22,14-27-11-4-9-23)15-28-12-5-17(25)21-7-2-6-20-16-24/h8-9,16,19H,2-7,10-15H2,1H3,(H,20,24)(H,21,25). The lowest BCUT2D eigenvalue weighted by molar-refractivity contribution is -0.122. The first-order valence-electron chi connectivity index (χ1n) is 9.37. The number of hydrogen-bond acceptors (Lipinski definition) is 8. The lowest BCUT2D eigenvalue weighted by atomic mass is 10.0. The minimum absolute atomic E-state index is 0.134. The van der Waals surface area contributed by atoms with E-state index in [9.17, 15) is 19.2 Å². The van der Waals surface area contributed by atoms with E-state index in [1.807, 2.05) is 0 Å². The van der Waals surface area contributed by atoms with E-state index in [-0.39, 0.29) is 38.8 Å². The quantitative estimate of drug-likeness (QED) is 0.161. The highest BCUT2D eigenvalue weighted by Gasteiger charge is 2.29. The number of ether oxygens (including phenoxy) is 3. The number of aldehydes is 2. The summed E-state index contributed by atoms with van der Waals surface area (Å²) in [6, 6.07) is 0. The summed E-state index contributed by atoms with van der Waals surface area (Å²) in [6.07, 6.45) is 3.65. The Morgan fingerprint density at radius 1 is 0.893 bits per heavy atom. The lowest BCUT2D eigenvalue weighted by Gasteiger charge is -2.32. The number of likely N-dealkylation sites (N-methyl/N-ethyl adjacent to an activating group) is 1. The van der Waals surface area contributed by atoms with Crippen LogP contribution < -0.4 is 16.0 Å². The van der Waals surface area contributed by atoms with E-state index in [0.29, 0.717) is 52.0 Å². The summed E-state index contributed by atoms with van der Waals surface area (Å²) in [6.45, 7) is 2.56. The molecule has 0 heterocycles. The predicted molar refractivity (Wildman–Crippen MR) is 102 cm³/mol. The van der Waals surface area contributed by atoms with Crippen molar-refractivity contribution in [2.24, 2.45) is 0 Å². The van der Waals surface area contributed by atoms with E-state index in [2.05, 4.69) is 16.0 Å². The van der Waals surface area contributed by atoms with Gasteiger partial charge in [-0.3, -0.25) is 9.59 Å². The molecule has 0 rings (SSSR count). The van der Waals surface area contributed by atoms with Gasteiger partial charge in [0.15, 0.2) is 0 Å². The molecular formula is C18H33N3O7. The van der Waals surface area contributed by atoms with Crippen molar-refractivity contribution in [2.45, 2.75) is 31.2 Å². The van der Waals surface area contributed by atoms with Crippen LogP contribution in [0.2, 0.25) is 0 Å². The first-order chi connectivity index (χ1) is 13.6. The monoisotopic (exact) mass is 403 g/mol. The number of carbonyl (C=O) groups excluding carboxylic acids is 4. The maximum atomic E-state index is 11.7. The third kappa shape index (κ3) is 14.2. The molecule has 162 valence electrons. The first-order valence-corrected chi connectivity index (χ1v) is 9.37. The van der Waals surface area contributed by atoms with Gasteiger partial charge in [0, 0.05) is 32.4 Å². The second-order valence-corrected chi connectivity index (χ2v) is 6.12. The van der Waals surface area contributed by atoms with Crippen molar-refractivity contribution in [1.82, 2.24) is 16.0 Å². The molecule has 2 amide bonds. The minimum Gasteiger partial charge on any atom is -0.379 e. The third-order valence-corrected chi connectivity index (χ3v) is 3.80. The van der Waals surface area contributed by atoms with Gasteiger partial charge in [0.1, 0.15) is 12.6 Å². The van der Waals surface area contributed by atoms with Gasteiger partial charge in [-0.25, -0.2) is 0 Å². The van der Waals surface area contributed by atoms with Crippen LogP contribution in [0.3, 0.4) is 0 Å². The molecule has 0 spiro atoms. The van der Waals surface area contributed by atoms with Crippen LogP contribution in [0.4, 0.5) is 0 Å². The maximum absolute atomic E-state index is 11.7. The summed E-state index contributed by atoms with van der Waals surface area (Å²) < 4.78 is 16.7. The van der Waals surface area contributed by atoms with E-state index >= 15 is 0 Å². The largest absolute Gasteiger partial charge is 0.379 e. The molecule has 0 aliphatic rings. The number of rotatable bonds is 21. The van der Waals surface area contributed by atoms with E-state index in [0.717, 1.165) is 12.6 Å². The van der Waals surface area contributed by atoms with Crippen LogP contribution in [0.25, 0.3) is 0 Å². The van der Waals surface area contributed by atoms with Crippen molar-refractivity contribution in [3.63, 3.8) is 0 Å². The molecule has 0 atom stereocenters. The van der Waals surface area contributed by atoms with Gasteiger partial charge in [0.25, 0.3) is 0 Å². The Bertz CT molecular complexity index is 419. The van der Waals surface area contributed by atoms with Crippen molar-refractivity contribution in [3.8, 4) is 0 Å². The molecule has 0 unspecified atom stereocenters. The fourth-order valence-electron chi connectivity index (χ4n) is 2.14. The molecule has 0 fully saturated rings. The molecule has 0 radical (unpaired) electrons. The summed E-state index contributed by atoms with van der Waals surface area (Å²) in [7, 11) is 1.75. The number of hydrogen-bond donors (Lipinski definition) is 3. The fraction of sp³-hybridized carbons (Fsp3) is 0.778. The van der Waals surface area contributed by atoms with Crippen molar-refractivity contribution in [1.29, 1.82) is 0 Å². The van der Waals surface area contributed by atoms with Crippen molar-refractivity contribution in [3.05, 3.63) is 0 Å². The molecule has 0 aliphatic heterocycles. The van der Waals surface area contributed by atoms with Gasteiger partial charge < -0.3 is 39.8 Å². The van der Waals surface area contributed by atoms with Crippen LogP contribution in [-0.4, -0.2) is 90.2 Å². The van der Waals surface area contributed by atoms with Gasteiger partial charge in [0.05, 0.1) is 45.2 Å². The van der Waals surface area contributed by atoms with Crippen LogP contribution in [-0.2, 0) is 33.4 Å². The van der Waals surface area contributed by atoms with Gasteiger partial charge in [-0.1, -0.05) is 0 Å². The van der Waals surface area contributed by atoms with E-state index in [4.69, 9.17) is 14.2 Å². The first kappa shape index (κ1) is 26.1. The molecule has 0 aromatic carbocycles. The molecule has 0 aliphatic carbocycles. The second kappa shape index (κ2) is 18.5. The van der Waals surface area contributed by atoms with E-state index < -0.39 is 5.54 Å². The Morgan fingerprint density at radius 2 is 1.46 bits per heavy atom.